The highest BCUT2D eigenvalue weighted by Gasteiger charge is 2.12. The summed E-state index contributed by atoms with van der Waals surface area (Å²) in [5, 5.41) is 3.09. The summed E-state index contributed by atoms with van der Waals surface area (Å²) in [4.78, 5) is 16.2. The first-order chi connectivity index (χ1) is 8.60. The topological polar surface area (TPSA) is 82.2 Å². The van der Waals surface area contributed by atoms with Crippen molar-refractivity contribution in [1.29, 1.82) is 0 Å². The quantitative estimate of drug-likeness (QED) is 0.744. The van der Waals surface area contributed by atoms with E-state index in [1.807, 2.05) is 13.8 Å². The Morgan fingerprint density at radius 1 is 1.56 bits per heavy atom. The van der Waals surface area contributed by atoms with Crippen LogP contribution >= 0.6 is 0 Å². The van der Waals surface area contributed by atoms with Crippen molar-refractivity contribution in [2.45, 2.75) is 32.4 Å². The first-order valence-corrected chi connectivity index (χ1v) is 6.12. The predicted molar refractivity (Wildman–Crippen MR) is 71.8 cm³/mol. The van der Waals surface area contributed by atoms with Crippen LogP contribution in [-0.4, -0.2) is 35.9 Å². The van der Waals surface area contributed by atoms with Crippen LogP contribution in [0.1, 0.15) is 26.3 Å². The van der Waals surface area contributed by atoms with E-state index in [-0.39, 0.29) is 17.6 Å². The largest absolute Gasteiger partial charge is 0.383 e. The Hall–Kier alpha value is -1.40. The summed E-state index contributed by atoms with van der Waals surface area (Å²) < 4.78 is 6.73. The Bertz CT molecular complexity index is 411. The second kappa shape index (κ2) is 7.13. The standard InChI is InChI=1S/C12H22N4O2/c1-9(2)16-7-6-14-11(12(16)17)15-10(4-5-13)8-18-3/h6-7,9-10H,4-5,8,13H2,1-3H3,(H,14,15). The van der Waals surface area contributed by atoms with Gasteiger partial charge in [-0.1, -0.05) is 0 Å². The summed E-state index contributed by atoms with van der Waals surface area (Å²) >= 11 is 0. The van der Waals surface area contributed by atoms with Crippen molar-refractivity contribution in [3.63, 3.8) is 0 Å². The lowest BCUT2D eigenvalue weighted by atomic mass is 10.2. The number of aromatic nitrogens is 2. The molecule has 1 heterocycles. The van der Waals surface area contributed by atoms with Crippen LogP contribution in [0.3, 0.4) is 0 Å². The minimum atomic E-state index is -0.120. The normalized spacial score (nSPS) is 12.7. The average Bonchev–Trinajstić information content (AvgIpc) is 2.32. The number of hydrogen-bond donors (Lipinski definition) is 2. The van der Waals surface area contributed by atoms with Crippen LogP contribution in [0.15, 0.2) is 17.2 Å². The number of nitrogens with two attached hydrogens (primary N) is 1. The maximum atomic E-state index is 12.1. The Kier molecular flexibility index (Phi) is 5.80. The maximum Gasteiger partial charge on any atom is 0.293 e. The van der Waals surface area contributed by atoms with Gasteiger partial charge in [0.25, 0.3) is 5.56 Å². The van der Waals surface area contributed by atoms with Crippen molar-refractivity contribution >= 4 is 5.82 Å². The van der Waals surface area contributed by atoms with Gasteiger partial charge in [-0.3, -0.25) is 4.79 Å². The van der Waals surface area contributed by atoms with Crippen LogP contribution in [0.4, 0.5) is 5.82 Å². The monoisotopic (exact) mass is 254 g/mol. The van der Waals surface area contributed by atoms with Crippen LogP contribution in [-0.2, 0) is 4.74 Å². The van der Waals surface area contributed by atoms with E-state index in [0.29, 0.717) is 19.0 Å². The Labute approximate surface area is 107 Å². The van der Waals surface area contributed by atoms with Crippen LogP contribution in [0.2, 0.25) is 0 Å². The third-order valence-electron chi connectivity index (χ3n) is 2.65. The van der Waals surface area contributed by atoms with Gasteiger partial charge in [0, 0.05) is 25.5 Å². The summed E-state index contributed by atoms with van der Waals surface area (Å²) in [6.07, 6.45) is 4.04. The lowest BCUT2D eigenvalue weighted by molar-refractivity contribution is 0.183. The maximum absolute atomic E-state index is 12.1. The van der Waals surface area contributed by atoms with Crippen LogP contribution in [0, 0.1) is 0 Å². The van der Waals surface area contributed by atoms with E-state index in [4.69, 9.17) is 10.5 Å². The van der Waals surface area contributed by atoms with Gasteiger partial charge < -0.3 is 20.4 Å². The lowest BCUT2D eigenvalue weighted by Crippen LogP contribution is -2.33. The molecule has 102 valence electrons. The SMILES string of the molecule is COCC(CCN)Nc1nccn(C(C)C)c1=O. The summed E-state index contributed by atoms with van der Waals surface area (Å²) in [5.74, 6) is 0.349. The molecule has 0 aliphatic carbocycles. The fourth-order valence-electron chi connectivity index (χ4n) is 1.72. The molecule has 3 N–H and O–H groups in total. The highest BCUT2D eigenvalue weighted by atomic mass is 16.5. The summed E-state index contributed by atoms with van der Waals surface area (Å²) in [6.45, 7) is 4.94. The van der Waals surface area contributed by atoms with Gasteiger partial charge >= 0.3 is 0 Å². The molecule has 1 aromatic rings. The molecule has 0 spiro atoms. The van der Waals surface area contributed by atoms with Gasteiger partial charge in [0.05, 0.1) is 12.6 Å². The van der Waals surface area contributed by atoms with Crippen molar-refractivity contribution < 1.29 is 4.74 Å². The van der Waals surface area contributed by atoms with Crippen molar-refractivity contribution in [3.8, 4) is 0 Å². The fourth-order valence-corrected chi connectivity index (χ4v) is 1.72. The molecule has 0 fully saturated rings. The zero-order valence-corrected chi connectivity index (χ0v) is 11.2. The number of hydrogen-bond acceptors (Lipinski definition) is 5. The Morgan fingerprint density at radius 3 is 2.83 bits per heavy atom. The first kappa shape index (κ1) is 14.7. The zero-order chi connectivity index (χ0) is 13.5. The van der Waals surface area contributed by atoms with Crippen LogP contribution in [0.25, 0.3) is 0 Å². The van der Waals surface area contributed by atoms with Crippen LogP contribution in [0.5, 0.6) is 0 Å². The van der Waals surface area contributed by atoms with Crippen LogP contribution < -0.4 is 16.6 Å². The molecule has 18 heavy (non-hydrogen) atoms. The molecule has 6 heteroatoms. The van der Waals surface area contributed by atoms with E-state index in [1.54, 1.807) is 24.1 Å². The lowest BCUT2D eigenvalue weighted by Gasteiger charge is -2.18. The third-order valence-corrected chi connectivity index (χ3v) is 2.65. The van der Waals surface area contributed by atoms with Gasteiger partial charge in [0.2, 0.25) is 0 Å². The number of ether oxygens (including phenoxy) is 1. The van der Waals surface area contributed by atoms with Gasteiger partial charge in [-0.15, -0.1) is 0 Å². The molecular weight excluding hydrogens is 232 g/mol. The Balaban J connectivity index is 2.89. The van der Waals surface area contributed by atoms with E-state index in [2.05, 4.69) is 10.3 Å². The zero-order valence-electron chi connectivity index (χ0n) is 11.2. The molecule has 1 unspecified atom stereocenters. The summed E-state index contributed by atoms with van der Waals surface area (Å²) in [5.41, 5.74) is 5.41. The second-order valence-electron chi connectivity index (χ2n) is 4.46. The van der Waals surface area contributed by atoms with Gasteiger partial charge in [-0.05, 0) is 26.8 Å². The van der Waals surface area contributed by atoms with Gasteiger partial charge in [-0.2, -0.15) is 0 Å². The molecule has 1 aromatic heterocycles. The molecule has 0 aromatic carbocycles. The van der Waals surface area contributed by atoms with E-state index in [1.165, 1.54) is 0 Å². The molecule has 1 atom stereocenters. The van der Waals surface area contributed by atoms with Gasteiger partial charge in [0.1, 0.15) is 0 Å². The van der Waals surface area contributed by atoms with Crippen molar-refractivity contribution in [2.24, 2.45) is 5.73 Å². The molecule has 0 saturated heterocycles. The minimum absolute atomic E-state index is 0.00297. The minimum Gasteiger partial charge on any atom is -0.383 e. The van der Waals surface area contributed by atoms with Crippen molar-refractivity contribution in [1.82, 2.24) is 9.55 Å². The number of methoxy groups -OCH3 is 1. The first-order valence-electron chi connectivity index (χ1n) is 6.12. The second-order valence-corrected chi connectivity index (χ2v) is 4.46. The molecular formula is C12H22N4O2. The third kappa shape index (κ3) is 3.82. The number of anilines is 1. The highest BCUT2D eigenvalue weighted by molar-refractivity contribution is 5.32. The van der Waals surface area contributed by atoms with Gasteiger partial charge in [0.15, 0.2) is 5.82 Å². The number of nitrogens with one attached hydrogen (secondary N) is 1. The fraction of sp³-hybridized carbons (Fsp3) is 0.667. The summed E-state index contributed by atoms with van der Waals surface area (Å²) in [6, 6.07) is 0.111. The Morgan fingerprint density at radius 2 is 2.28 bits per heavy atom. The van der Waals surface area contributed by atoms with Gasteiger partial charge in [-0.25, -0.2) is 4.98 Å². The van der Waals surface area contributed by atoms with E-state index < -0.39 is 0 Å². The predicted octanol–water partition coefficient (Wildman–Crippen LogP) is 0.600. The molecule has 0 aliphatic rings. The average molecular weight is 254 g/mol. The number of nitrogens with zero attached hydrogens (tertiary/aromatic N) is 2. The molecule has 1 rings (SSSR count). The van der Waals surface area contributed by atoms with Crippen molar-refractivity contribution in [2.75, 3.05) is 25.6 Å². The molecule has 0 radical (unpaired) electrons. The molecule has 0 aliphatic heterocycles. The smallest absolute Gasteiger partial charge is 0.293 e. The highest BCUT2D eigenvalue weighted by Crippen LogP contribution is 2.04. The van der Waals surface area contributed by atoms with E-state index in [9.17, 15) is 4.79 Å². The van der Waals surface area contributed by atoms with Crippen molar-refractivity contribution in [3.05, 3.63) is 22.7 Å². The van der Waals surface area contributed by atoms with E-state index in [0.717, 1.165) is 6.42 Å². The number of rotatable bonds is 7. The van der Waals surface area contributed by atoms with E-state index >= 15 is 0 Å². The molecule has 0 bridgehead atoms. The molecule has 0 saturated carbocycles. The summed E-state index contributed by atoms with van der Waals surface area (Å²) in [7, 11) is 1.62. The molecule has 0 amide bonds. The molecule has 6 nitrogen and oxygen atoms in total.